The van der Waals surface area contributed by atoms with E-state index in [9.17, 15) is 0 Å². The van der Waals surface area contributed by atoms with E-state index in [0.29, 0.717) is 0 Å². The first-order valence-corrected chi connectivity index (χ1v) is 13.6. The van der Waals surface area contributed by atoms with E-state index in [4.69, 9.17) is 8.83 Å². The molecule has 0 aliphatic carbocycles. The molecular formula is C38H22O2. The minimum Gasteiger partial charge on any atom is -0.456 e. The summed E-state index contributed by atoms with van der Waals surface area (Å²) in [6.07, 6.45) is 0. The Hall–Kier alpha value is -5.34. The molecule has 0 spiro atoms. The normalized spacial score (nSPS) is 12.0. The lowest BCUT2D eigenvalue weighted by molar-refractivity contribution is 0.633. The van der Waals surface area contributed by atoms with Gasteiger partial charge in [-0.25, -0.2) is 0 Å². The van der Waals surface area contributed by atoms with Gasteiger partial charge in [0, 0.05) is 21.7 Å². The summed E-state index contributed by atoms with van der Waals surface area (Å²) in [4.78, 5) is 0. The van der Waals surface area contributed by atoms with Crippen LogP contribution in [-0.4, -0.2) is 0 Å². The lowest BCUT2D eigenvalue weighted by atomic mass is 9.87. The quantitative estimate of drug-likeness (QED) is 0.216. The van der Waals surface area contributed by atoms with Gasteiger partial charge in [0.2, 0.25) is 0 Å². The van der Waals surface area contributed by atoms with E-state index >= 15 is 0 Å². The molecule has 186 valence electrons. The molecule has 0 aliphatic rings. The Morgan fingerprint density at radius 3 is 1.70 bits per heavy atom. The van der Waals surface area contributed by atoms with Gasteiger partial charge in [-0.1, -0.05) is 103 Å². The van der Waals surface area contributed by atoms with Crippen molar-refractivity contribution in [2.75, 3.05) is 0 Å². The largest absolute Gasteiger partial charge is 0.456 e. The maximum absolute atomic E-state index is 6.66. The van der Waals surface area contributed by atoms with Gasteiger partial charge in [-0.3, -0.25) is 0 Å². The summed E-state index contributed by atoms with van der Waals surface area (Å²) in [5, 5.41) is 10.5. The van der Waals surface area contributed by atoms with E-state index in [-0.39, 0.29) is 0 Å². The molecule has 40 heavy (non-hydrogen) atoms. The van der Waals surface area contributed by atoms with Gasteiger partial charge < -0.3 is 8.83 Å². The van der Waals surface area contributed by atoms with Crippen molar-refractivity contribution in [1.29, 1.82) is 0 Å². The van der Waals surface area contributed by atoms with Crippen molar-refractivity contribution in [3.8, 4) is 22.5 Å². The highest BCUT2D eigenvalue weighted by molar-refractivity contribution is 6.22. The molecule has 0 saturated carbocycles. The molecule has 9 aromatic rings. The molecule has 0 aliphatic heterocycles. The molecule has 0 fully saturated rings. The number of para-hydroxylation sites is 1. The number of hydrogen-bond donors (Lipinski definition) is 0. The monoisotopic (exact) mass is 510 g/mol. The van der Waals surface area contributed by atoms with Gasteiger partial charge in [0.05, 0.1) is 0 Å². The molecule has 2 aromatic heterocycles. The van der Waals surface area contributed by atoms with E-state index in [2.05, 4.69) is 115 Å². The van der Waals surface area contributed by atoms with Crippen LogP contribution in [-0.2, 0) is 0 Å². The van der Waals surface area contributed by atoms with Gasteiger partial charge in [-0.15, -0.1) is 0 Å². The molecule has 0 amide bonds. The van der Waals surface area contributed by atoms with Crippen molar-refractivity contribution in [3.63, 3.8) is 0 Å². The Balaban J connectivity index is 1.35. The van der Waals surface area contributed by atoms with E-state index in [1.54, 1.807) is 0 Å². The zero-order valence-electron chi connectivity index (χ0n) is 21.5. The van der Waals surface area contributed by atoms with E-state index in [1.165, 1.54) is 43.4 Å². The third-order valence-electron chi connectivity index (χ3n) is 8.23. The second-order valence-electron chi connectivity index (χ2n) is 10.5. The van der Waals surface area contributed by atoms with Crippen LogP contribution >= 0.6 is 0 Å². The van der Waals surface area contributed by atoms with E-state index in [1.807, 2.05) is 18.2 Å². The first-order valence-electron chi connectivity index (χ1n) is 13.6. The first-order chi connectivity index (χ1) is 19.8. The lowest BCUT2D eigenvalue weighted by Gasteiger charge is -2.16. The molecule has 0 radical (unpaired) electrons. The third-order valence-corrected chi connectivity index (χ3v) is 8.23. The van der Waals surface area contributed by atoms with Crippen LogP contribution in [0.4, 0.5) is 0 Å². The molecule has 2 nitrogen and oxygen atoms in total. The molecule has 9 rings (SSSR count). The maximum atomic E-state index is 6.66. The summed E-state index contributed by atoms with van der Waals surface area (Å²) < 4.78 is 12.8. The van der Waals surface area contributed by atoms with Crippen molar-refractivity contribution in [2.24, 2.45) is 0 Å². The number of hydrogen-bond acceptors (Lipinski definition) is 2. The average Bonchev–Trinajstić information content (AvgIpc) is 3.58. The van der Waals surface area contributed by atoms with Crippen molar-refractivity contribution in [3.05, 3.63) is 133 Å². The zero-order chi connectivity index (χ0) is 26.2. The number of furan rings is 2. The van der Waals surface area contributed by atoms with Crippen LogP contribution in [0.5, 0.6) is 0 Å². The molecule has 2 heteroatoms. The zero-order valence-corrected chi connectivity index (χ0v) is 21.5. The van der Waals surface area contributed by atoms with Crippen LogP contribution in [0, 0.1) is 0 Å². The lowest BCUT2D eigenvalue weighted by Crippen LogP contribution is -1.90. The topological polar surface area (TPSA) is 26.3 Å². The first kappa shape index (κ1) is 21.6. The molecule has 2 heterocycles. The van der Waals surface area contributed by atoms with Crippen LogP contribution < -0.4 is 0 Å². The predicted molar refractivity (Wildman–Crippen MR) is 167 cm³/mol. The number of fused-ring (bicyclic) bond motifs is 7. The fourth-order valence-corrected chi connectivity index (χ4v) is 6.43. The van der Waals surface area contributed by atoms with Crippen molar-refractivity contribution < 1.29 is 8.83 Å². The summed E-state index contributed by atoms with van der Waals surface area (Å²) in [6.45, 7) is 0. The SMILES string of the molecule is c1ccc2cc(-c3c4ccccc4c(-c4cc5cc6oc7ccccc7c6cc5o4)c4ccccc34)ccc2c1. The van der Waals surface area contributed by atoms with E-state index < -0.39 is 0 Å². The second kappa shape index (κ2) is 8.08. The van der Waals surface area contributed by atoms with Crippen LogP contribution in [0.15, 0.2) is 142 Å². The Morgan fingerprint density at radius 1 is 0.325 bits per heavy atom. The molecule has 0 unspecified atom stereocenters. The van der Waals surface area contributed by atoms with Gasteiger partial charge in [0.25, 0.3) is 0 Å². The van der Waals surface area contributed by atoms with Gasteiger partial charge in [0.15, 0.2) is 0 Å². The van der Waals surface area contributed by atoms with Crippen molar-refractivity contribution in [2.45, 2.75) is 0 Å². The summed E-state index contributed by atoms with van der Waals surface area (Å²) in [7, 11) is 0. The van der Waals surface area contributed by atoms with Gasteiger partial charge >= 0.3 is 0 Å². The number of benzene rings is 7. The minimum atomic E-state index is 0.862. The smallest absolute Gasteiger partial charge is 0.136 e. The highest BCUT2D eigenvalue weighted by atomic mass is 16.3. The Morgan fingerprint density at radius 2 is 0.950 bits per heavy atom. The van der Waals surface area contributed by atoms with Gasteiger partial charge in [-0.2, -0.15) is 0 Å². The molecule has 0 bridgehead atoms. The highest BCUT2D eigenvalue weighted by Gasteiger charge is 2.20. The van der Waals surface area contributed by atoms with Crippen molar-refractivity contribution >= 4 is 65.2 Å². The standard InChI is InChI=1S/C38H22O2/c1-2-10-24-19-25(18-17-23(24)9-1)37-28-12-3-5-14-30(28)38(31-15-6-4-13-29(31)37)36-21-26-20-35-32(22-34(26)40-36)27-11-7-8-16-33(27)39-35/h1-22H. The highest BCUT2D eigenvalue weighted by Crippen LogP contribution is 2.45. The molecule has 0 saturated heterocycles. The van der Waals surface area contributed by atoms with E-state index in [0.717, 1.165) is 44.2 Å². The summed E-state index contributed by atoms with van der Waals surface area (Å²) in [6, 6.07) is 47.3. The maximum Gasteiger partial charge on any atom is 0.136 e. The Bertz CT molecular complexity index is 2380. The summed E-state index contributed by atoms with van der Waals surface area (Å²) >= 11 is 0. The van der Waals surface area contributed by atoms with Crippen molar-refractivity contribution in [1.82, 2.24) is 0 Å². The second-order valence-corrected chi connectivity index (χ2v) is 10.5. The number of rotatable bonds is 2. The van der Waals surface area contributed by atoms with Gasteiger partial charge in [-0.05, 0) is 73.8 Å². The van der Waals surface area contributed by atoms with Crippen LogP contribution in [0.3, 0.4) is 0 Å². The molecule has 0 N–H and O–H groups in total. The van der Waals surface area contributed by atoms with Crippen LogP contribution in [0.2, 0.25) is 0 Å². The fourth-order valence-electron chi connectivity index (χ4n) is 6.43. The predicted octanol–water partition coefficient (Wildman–Crippen LogP) is 11.1. The van der Waals surface area contributed by atoms with Gasteiger partial charge in [0.1, 0.15) is 22.5 Å². The third kappa shape index (κ3) is 3.05. The Labute approximate surface area is 229 Å². The fraction of sp³-hybridized carbons (Fsp3) is 0. The van der Waals surface area contributed by atoms with Crippen LogP contribution in [0.25, 0.3) is 87.7 Å². The minimum absolute atomic E-state index is 0.862. The summed E-state index contributed by atoms with van der Waals surface area (Å²) in [5.74, 6) is 0.865. The Kier molecular flexibility index (Phi) is 4.36. The molecule has 0 atom stereocenters. The molecule has 7 aromatic carbocycles. The summed E-state index contributed by atoms with van der Waals surface area (Å²) in [5.41, 5.74) is 6.22. The molecular weight excluding hydrogens is 488 g/mol. The van der Waals surface area contributed by atoms with Crippen LogP contribution in [0.1, 0.15) is 0 Å². The average molecular weight is 511 g/mol.